The lowest BCUT2D eigenvalue weighted by Crippen LogP contribution is -2.42. The highest BCUT2D eigenvalue weighted by molar-refractivity contribution is 5.85. The molecule has 196 valence electrons. The van der Waals surface area contributed by atoms with Gasteiger partial charge in [0, 0.05) is 38.1 Å². The summed E-state index contributed by atoms with van der Waals surface area (Å²) >= 11 is 0. The number of piperidine rings is 1. The number of benzene rings is 1. The number of aromatic amines is 1. The Morgan fingerprint density at radius 3 is 2.81 bits per heavy atom. The largest absolute Gasteiger partial charge is 0.493 e. The fourth-order valence-electron chi connectivity index (χ4n) is 6.17. The summed E-state index contributed by atoms with van der Waals surface area (Å²) in [5, 5.41) is 4.33. The van der Waals surface area contributed by atoms with Crippen LogP contribution in [-0.2, 0) is 4.74 Å². The van der Waals surface area contributed by atoms with Crippen LogP contribution < -0.4 is 10.4 Å². The number of hydrogen-bond donors (Lipinski definition) is 1. The first kappa shape index (κ1) is 24.2. The second kappa shape index (κ2) is 9.95. The molecule has 0 radical (unpaired) electrons. The maximum atomic E-state index is 13.3. The topological polar surface area (TPSA) is 89.7 Å². The third-order valence-electron chi connectivity index (χ3n) is 8.09. The van der Waals surface area contributed by atoms with E-state index in [-0.39, 0.29) is 17.6 Å². The quantitative estimate of drug-likeness (QED) is 0.423. The van der Waals surface area contributed by atoms with Crippen molar-refractivity contribution in [2.45, 2.75) is 51.5 Å². The molecule has 37 heavy (non-hydrogen) atoms. The Kier molecular flexibility index (Phi) is 6.50. The average molecular weight is 505 g/mol. The van der Waals surface area contributed by atoms with Gasteiger partial charge < -0.3 is 19.4 Å². The van der Waals surface area contributed by atoms with Crippen molar-refractivity contribution in [2.24, 2.45) is 5.92 Å². The Labute approximate surface area is 216 Å². The summed E-state index contributed by atoms with van der Waals surface area (Å²) < 4.78 is 14.9. The van der Waals surface area contributed by atoms with Gasteiger partial charge in [-0.05, 0) is 73.4 Å². The van der Waals surface area contributed by atoms with E-state index in [1.807, 2.05) is 16.8 Å². The van der Waals surface area contributed by atoms with Crippen LogP contribution in [-0.4, -0.2) is 69.0 Å². The van der Waals surface area contributed by atoms with Gasteiger partial charge in [0.25, 0.3) is 0 Å². The van der Waals surface area contributed by atoms with Gasteiger partial charge in [-0.3, -0.25) is 4.57 Å². The zero-order valence-electron chi connectivity index (χ0n) is 21.9. The highest BCUT2D eigenvalue weighted by atomic mass is 16.5. The maximum absolute atomic E-state index is 13.3. The molecule has 5 heterocycles. The van der Waals surface area contributed by atoms with E-state index in [2.05, 4.69) is 45.9 Å². The number of aromatic nitrogens is 5. The molecule has 0 saturated carbocycles. The molecule has 2 aliphatic rings. The highest BCUT2D eigenvalue weighted by Gasteiger charge is 2.27. The highest BCUT2D eigenvalue weighted by Crippen LogP contribution is 2.36. The molecule has 3 aromatic heterocycles. The third kappa shape index (κ3) is 4.55. The first-order valence-electron chi connectivity index (χ1n) is 13.5. The molecule has 2 saturated heterocycles. The summed E-state index contributed by atoms with van der Waals surface area (Å²) in [6.45, 7) is 9.27. The number of nitrogens with one attached hydrogen (secondary N) is 1. The lowest BCUT2D eigenvalue weighted by Gasteiger charge is -2.36. The molecule has 2 fully saturated rings. The summed E-state index contributed by atoms with van der Waals surface area (Å²) in [4.78, 5) is 23.4. The van der Waals surface area contributed by atoms with E-state index in [1.54, 1.807) is 11.6 Å². The first-order valence-corrected chi connectivity index (χ1v) is 13.5. The molecular weight excluding hydrogens is 468 g/mol. The number of methoxy groups -OCH3 is 1. The van der Waals surface area contributed by atoms with E-state index in [0.717, 1.165) is 80.7 Å². The van der Waals surface area contributed by atoms with Crippen LogP contribution in [0, 0.1) is 5.92 Å². The number of likely N-dealkylation sites (tertiary alicyclic amines) is 1. The molecule has 0 bridgehead atoms. The van der Waals surface area contributed by atoms with E-state index in [9.17, 15) is 4.79 Å². The molecule has 1 N–H and O–H groups in total. The smallest absolute Gasteiger partial charge is 0.326 e. The molecule has 0 unspecified atom stereocenters. The van der Waals surface area contributed by atoms with Gasteiger partial charge in [-0.2, -0.15) is 5.10 Å². The van der Waals surface area contributed by atoms with Gasteiger partial charge in [-0.25, -0.2) is 14.3 Å². The van der Waals surface area contributed by atoms with Crippen molar-refractivity contribution >= 4 is 16.7 Å². The molecule has 9 heteroatoms. The number of nitrogens with zero attached hydrogens (tertiary/aromatic N) is 5. The van der Waals surface area contributed by atoms with E-state index in [1.165, 1.54) is 11.9 Å². The second-order valence-corrected chi connectivity index (χ2v) is 10.8. The van der Waals surface area contributed by atoms with Gasteiger partial charge >= 0.3 is 5.69 Å². The van der Waals surface area contributed by atoms with Crippen LogP contribution in [0.5, 0.6) is 5.75 Å². The Morgan fingerprint density at radius 1 is 1.19 bits per heavy atom. The SMILES string of the molecule is COc1cc(-c2cc3[nH]c(=O)n([C@H]4CCCN(CC5CCOCC5)C4)c3cc2C(C)C)cn2ncnc12. The van der Waals surface area contributed by atoms with Crippen molar-refractivity contribution in [1.82, 2.24) is 29.0 Å². The van der Waals surface area contributed by atoms with Crippen LogP contribution in [0.25, 0.3) is 27.8 Å². The summed E-state index contributed by atoms with van der Waals surface area (Å²) in [6, 6.07) is 6.50. The predicted octanol–water partition coefficient (Wildman–Crippen LogP) is 4.23. The van der Waals surface area contributed by atoms with Crippen LogP contribution in [0.2, 0.25) is 0 Å². The lowest BCUT2D eigenvalue weighted by atomic mass is 9.92. The molecule has 1 atom stereocenters. The molecule has 6 rings (SSSR count). The standard InChI is InChI=1S/C28H36N6O3/c1-18(2)22-13-25-24(12-23(22)20-11-26(36-3)27-29-17-30-33(27)15-20)31-28(35)34(25)21-5-4-8-32(16-21)14-19-6-9-37-10-7-19/h11-13,15,17-19,21H,4-10,14,16H2,1-3H3,(H,31,35)/t21-/m0/s1. The first-order chi connectivity index (χ1) is 18.0. The van der Waals surface area contributed by atoms with Crippen molar-refractivity contribution in [1.29, 1.82) is 0 Å². The number of imidazole rings is 1. The molecule has 4 aromatic rings. The van der Waals surface area contributed by atoms with Crippen LogP contribution in [0.15, 0.2) is 35.5 Å². The van der Waals surface area contributed by atoms with Gasteiger partial charge in [0.15, 0.2) is 11.4 Å². The van der Waals surface area contributed by atoms with Gasteiger partial charge in [-0.15, -0.1) is 0 Å². The normalized spacial score (nSPS) is 19.8. The van der Waals surface area contributed by atoms with Gasteiger partial charge in [0.2, 0.25) is 0 Å². The number of rotatable bonds is 6. The minimum Gasteiger partial charge on any atom is -0.493 e. The molecule has 9 nitrogen and oxygen atoms in total. The molecule has 0 spiro atoms. The van der Waals surface area contributed by atoms with Crippen molar-refractivity contribution in [3.05, 3.63) is 46.8 Å². The van der Waals surface area contributed by atoms with E-state index in [0.29, 0.717) is 17.3 Å². The van der Waals surface area contributed by atoms with Crippen molar-refractivity contribution in [2.75, 3.05) is 40.0 Å². The Balaban J connectivity index is 1.38. The fourth-order valence-corrected chi connectivity index (χ4v) is 6.17. The number of hydrogen-bond acceptors (Lipinski definition) is 6. The third-order valence-corrected chi connectivity index (χ3v) is 8.09. The van der Waals surface area contributed by atoms with Crippen LogP contribution >= 0.6 is 0 Å². The van der Waals surface area contributed by atoms with Crippen molar-refractivity contribution in [3.8, 4) is 16.9 Å². The van der Waals surface area contributed by atoms with Crippen molar-refractivity contribution in [3.63, 3.8) is 0 Å². The number of H-pyrrole nitrogens is 1. The zero-order valence-corrected chi connectivity index (χ0v) is 21.9. The predicted molar refractivity (Wildman–Crippen MR) is 143 cm³/mol. The minimum absolute atomic E-state index is 0.0240. The fraction of sp³-hybridized carbons (Fsp3) is 0.536. The van der Waals surface area contributed by atoms with E-state index >= 15 is 0 Å². The number of pyridine rings is 1. The Bertz CT molecular complexity index is 1460. The second-order valence-electron chi connectivity index (χ2n) is 10.8. The summed E-state index contributed by atoms with van der Waals surface area (Å²) in [5.74, 6) is 1.64. The van der Waals surface area contributed by atoms with E-state index in [4.69, 9.17) is 9.47 Å². The number of ether oxygens (including phenoxy) is 2. The lowest BCUT2D eigenvalue weighted by molar-refractivity contribution is 0.0459. The molecule has 2 aliphatic heterocycles. The molecule has 1 aromatic carbocycles. The van der Waals surface area contributed by atoms with Gasteiger partial charge in [0.1, 0.15) is 6.33 Å². The van der Waals surface area contributed by atoms with Gasteiger partial charge in [0.05, 0.1) is 24.2 Å². The molecule has 0 amide bonds. The molecule has 0 aliphatic carbocycles. The monoisotopic (exact) mass is 504 g/mol. The van der Waals surface area contributed by atoms with E-state index < -0.39 is 0 Å². The average Bonchev–Trinajstić information content (AvgIpc) is 3.51. The zero-order chi connectivity index (χ0) is 25.5. The van der Waals surface area contributed by atoms with Crippen LogP contribution in [0.1, 0.15) is 57.1 Å². The maximum Gasteiger partial charge on any atom is 0.326 e. The van der Waals surface area contributed by atoms with Crippen LogP contribution in [0.3, 0.4) is 0 Å². The minimum atomic E-state index is -0.0240. The van der Waals surface area contributed by atoms with Crippen LogP contribution in [0.4, 0.5) is 0 Å². The van der Waals surface area contributed by atoms with Crippen molar-refractivity contribution < 1.29 is 9.47 Å². The summed E-state index contributed by atoms with van der Waals surface area (Å²) in [5.41, 5.74) is 5.75. The Morgan fingerprint density at radius 2 is 2.03 bits per heavy atom. The Hall–Kier alpha value is -3.17. The molecular formula is C28H36N6O3. The number of fused-ring (bicyclic) bond motifs is 2. The van der Waals surface area contributed by atoms with Gasteiger partial charge in [-0.1, -0.05) is 13.8 Å². The summed E-state index contributed by atoms with van der Waals surface area (Å²) in [6.07, 6.45) is 7.92. The summed E-state index contributed by atoms with van der Waals surface area (Å²) in [7, 11) is 1.65.